The fourth-order valence-electron chi connectivity index (χ4n) is 1.99. The molecular weight excluding hydrogens is 278 g/mol. The van der Waals surface area contributed by atoms with Crippen molar-refractivity contribution in [3.05, 3.63) is 48.0 Å². The summed E-state index contributed by atoms with van der Waals surface area (Å²) in [6.45, 7) is 0. The summed E-state index contributed by atoms with van der Waals surface area (Å²) in [4.78, 5) is 0. The third-order valence-electron chi connectivity index (χ3n) is 2.84. The zero-order chi connectivity index (χ0) is 15.0. The van der Waals surface area contributed by atoms with E-state index >= 15 is 0 Å². The molecule has 0 unspecified atom stereocenters. The van der Waals surface area contributed by atoms with Gasteiger partial charge in [-0.05, 0) is 40.8 Å². The maximum atomic E-state index is 13.9. The zero-order valence-corrected chi connectivity index (χ0v) is 10.7. The highest BCUT2D eigenvalue weighted by atomic mass is 19.1. The molecule has 0 saturated carbocycles. The van der Waals surface area contributed by atoms with E-state index in [0.29, 0.717) is 16.9 Å². The highest BCUT2D eigenvalue weighted by Gasteiger charge is 2.15. The zero-order valence-electron chi connectivity index (χ0n) is 10.7. The summed E-state index contributed by atoms with van der Waals surface area (Å²) in [5.41, 5.74) is 12.9. The molecule has 3 aromatic rings. The first kappa shape index (κ1) is 13.0. The number of nitrogens with two attached hydrogens (primary N) is 2. The van der Waals surface area contributed by atoms with Gasteiger partial charge in [0.25, 0.3) is 0 Å². The van der Waals surface area contributed by atoms with Gasteiger partial charge in [0, 0.05) is 23.0 Å². The van der Waals surface area contributed by atoms with Gasteiger partial charge in [-0.25, -0.2) is 8.78 Å². The molecule has 0 amide bonds. The van der Waals surface area contributed by atoms with Crippen LogP contribution >= 0.6 is 0 Å². The molecule has 106 valence electrons. The summed E-state index contributed by atoms with van der Waals surface area (Å²) in [6.07, 6.45) is 0. The van der Waals surface area contributed by atoms with Crippen LogP contribution in [0, 0.1) is 11.6 Å². The molecule has 0 atom stereocenters. The summed E-state index contributed by atoms with van der Waals surface area (Å²) in [6, 6.07) is 7.93. The van der Waals surface area contributed by atoms with Crippen LogP contribution in [0.25, 0.3) is 17.1 Å². The Morgan fingerprint density at radius 3 is 2.33 bits per heavy atom. The Hall–Kier alpha value is -3.03. The first-order valence-electron chi connectivity index (χ1n) is 5.95. The molecule has 0 saturated heterocycles. The summed E-state index contributed by atoms with van der Waals surface area (Å²) in [5, 5.41) is 11.1. The second kappa shape index (κ2) is 4.82. The van der Waals surface area contributed by atoms with E-state index in [4.69, 9.17) is 11.5 Å². The molecule has 8 heteroatoms. The highest BCUT2D eigenvalue weighted by Crippen LogP contribution is 2.25. The van der Waals surface area contributed by atoms with E-state index < -0.39 is 11.6 Å². The van der Waals surface area contributed by atoms with Crippen LogP contribution in [-0.4, -0.2) is 20.2 Å². The lowest BCUT2D eigenvalue weighted by atomic mass is 10.1. The van der Waals surface area contributed by atoms with Crippen molar-refractivity contribution in [1.82, 2.24) is 20.2 Å². The molecule has 4 N–H and O–H groups in total. The minimum absolute atomic E-state index is 0.0254. The number of benzene rings is 2. The maximum Gasteiger partial charge on any atom is 0.187 e. The second-order valence-electron chi connectivity index (χ2n) is 4.40. The molecule has 0 bridgehead atoms. The van der Waals surface area contributed by atoms with Gasteiger partial charge in [0.1, 0.15) is 11.5 Å². The predicted molar refractivity (Wildman–Crippen MR) is 73.3 cm³/mol. The van der Waals surface area contributed by atoms with Gasteiger partial charge >= 0.3 is 0 Å². The van der Waals surface area contributed by atoms with E-state index in [1.165, 1.54) is 6.07 Å². The predicted octanol–water partition coefficient (Wildman–Crippen LogP) is 1.77. The van der Waals surface area contributed by atoms with E-state index in [1.807, 2.05) is 0 Å². The van der Waals surface area contributed by atoms with Gasteiger partial charge in [-0.15, -0.1) is 5.10 Å². The van der Waals surface area contributed by atoms with Gasteiger partial charge in [0.05, 0.1) is 0 Å². The monoisotopic (exact) mass is 288 g/mol. The number of halogens is 2. The molecule has 0 spiro atoms. The number of aromatic nitrogens is 4. The quantitative estimate of drug-likeness (QED) is 0.701. The molecule has 0 aliphatic heterocycles. The Balaban J connectivity index is 2.17. The summed E-state index contributed by atoms with van der Waals surface area (Å²) < 4.78 is 28.0. The van der Waals surface area contributed by atoms with Crippen LogP contribution in [-0.2, 0) is 0 Å². The number of nitrogen functional groups attached to an aromatic ring is 2. The van der Waals surface area contributed by atoms with Crippen molar-refractivity contribution in [2.45, 2.75) is 0 Å². The number of hydrogen-bond donors (Lipinski definition) is 2. The molecule has 6 nitrogen and oxygen atoms in total. The van der Waals surface area contributed by atoms with Crippen LogP contribution in [0.2, 0.25) is 0 Å². The molecule has 0 radical (unpaired) electrons. The van der Waals surface area contributed by atoms with Crippen molar-refractivity contribution in [3.63, 3.8) is 0 Å². The van der Waals surface area contributed by atoms with Crippen molar-refractivity contribution in [3.8, 4) is 17.1 Å². The Morgan fingerprint density at radius 2 is 1.67 bits per heavy atom. The van der Waals surface area contributed by atoms with Gasteiger partial charge in [0.2, 0.25) is 0 Å². The van der Waals surface area contributed by atoms with Gasteiger partial charge in [-0.1, -0.05) is 0 Å². The van der Waals surface area contributed by atoms with E-state index in [1.54, 1.807) is 18.2 Å². The van der Waals surface area contributed by atoms with E-state index in [2.05, 4.69) is 15.5 Å². The van der Waals surface area contributed by atoms with Crippen LogP contribution in [0.5, 0.6) is 0 Å². The Morgan fingerprint density at radius 1 is 0.952 bits per heavy atom. The van der Waals surface area contributed by atoms with Gasteiger partial charge < -0.3 is 11.5 Å². The lowest BCUT2D eigenvalue weighted by molar-refractivity contribution is 0.572. The Bertz CT molecular complexity index is 794. The Labute approximate surface area is 118 Å². The summed E-state index contributed by atoms with van der Waals surface area (Å²) in [5.74, 6) is -1.21. The van der Waals surface area contributed by atoms with Crippen LogP contribution < -0.4 is 11.5 Å². The standard InChI is InChI=1S/C13H10F2N6/c14-8-1-2-12(11(15)5-8)21-13(18-19-20-21)7-3-9(16)6-10(17)4-7/h1-6H,16-17H2. The average molecular weight is 288 g/mol. The van der Waals surface area contributed by atoms with Crippen LogP contribution in [0.15, 0.2) is 36.4 Å². The fourth-order valence-corrected chi connectivity index (χ4v) is 1.99. The van der Waals surface area contributed by atoms with Crippen LogP contribution in [0.1, 0.15) is 0 Å². The van der Waals surface area contributed by atoms with Crippen molar-refractivity contribution >= 4 is 11.4 Å². The first-order valence-corrected chi connectivity index (χ1v) is 5.95. The van der Waals surface area contributed by atoms with E-state index in [-0.39, 0.29) is 11.5 Å². The van der Waals surface area contributed by atoms with Crippen LogP contribution in [0.3, 0.4) is 0 Å². The first-order chi connectivity index (χ1) is 10.0. The summed E-state index contributed by atoms with van der Waals surface area (Å²) >= 11 is 0. The SMILES string of the molecule is Nc1cc(N)cc(-c2nnnn2-c2ccc(F)cc2F)c1. The van der Waals surface area contributed by atoms with Gasteiger partial charge in [0.15, 0.2) is 11.6 Å². The van der Waals surface area contributed by atoms with Gasteiger partial charge in [-0.2, -0.15) is 4.68 Å². The van der Waals surface area contributed by atoms with E-state index in [9.17, 15) is 8.78 Å². The number of hydrogen-bond acceptors (Lipinski definition) is 5. The minimum atomic E-state index is -0.777. The molecule has 3 rings (SSSR count). The normalized spacial score (nSPS) is 10.8. The molecule has 0 aliphatic rings. The third kappa shape index (κ3) is 2.38. The summed E-state index contributed by atoms with van der Waals surface area (Å²) in [7, 11) is 0. The largest absolute Gasteiger partial charge is 0.399 e. The lowest BCUT2D eigenvalue weighted by Gasteiger charge is -2.07. The number of rotatable bonds is 2. The highest BCUT2D eigenvalue weighted by molar-refractivity contribution is 5.68. The van der Waals surface area contributed by atoms with E-state index in [0.717, 1.165) is 16.8 Å². The van der Waals surface area contributed by atoms with Crippen molar-refractivity contribution in [2.24, 2.45) is 0 Å². The number of anilines is 2. The number of nitrogens with zero attached hydrogens (tertiary/aromatic N) is 4. The molecule has 2 aromatic carbocycles. The maximum absolute atomic E-state index is 13.9. The van der Waals surface area contributed by atoms with Crippen LogP contribution in [0.4, 0.5) is 20.2 Å². The molecule has 0 fully saturated rings. The smallest absolute Gasteiger partial charge is 0.187 e. The third-order valence-corrected chi connectivity index (χ3v) is 2.84. The minimum Gasteiger partial charge on any atom is -0.399 e. The van der Waals surface area contributed by atoms with Gasteiger partial charge in [-0.3, -0.25) is 0 Å². The molecule has 1 aromatic heterocycles. The Kier molecular flexibility index (Phi) is 2.98. The topological polar surface area (TPSA) is 95.6 Å². The second-order valence-corrected chi connectivity index (χ2v) is 4.40. The molecule has 1 heterocycles. The lowest BCUT2D eigenvalue weighted by Crippen LogP contribution is -2.03. The molecular formula is C13H10F2N6. The fraction of sp³-hybridized carbons (Fsp3) is 0. The average Bonchev–Trinajstić information content (AvgIpc) is 2.86. The van der Waals surface area contributed by atoms with Crippen molar-refractivity contribution in [1.29, 1.82) is 0 Å². The van der Waals surface area contributed by atoms with Crippen molar-refractivity contribution < 1.29 is 8.78 Å². The van der Waals surface area contributed by atoms with Crippen molar-refractivity contribution in [2.75, 3.05) is 11.5 Å². The molecule has 0 aliphatic carbocycles. The molecule has 21 heavy (non-hydrogen) atoms. The number of tetrazole rings is 1.